The number of fused-ring (bicyclic) bond motifs is 6. The standard InChI is InChI=1S/C72H111N29O16/c1-34(73)51(104)39(24-30-92-68(85)86)50(98-52(105)35-18-21-38-42(31-35)72(117-59(38)112)40-22-19-36(102)32-48(40)116-49-33-37(103)20-23-41(49)72)58(111)95-47(17-12-29-91-67(83)84)57(110)101-71(6,7)62(115)97-44(14-9-26-88-64(77)78)54(107)94-46(16-11-28-90-66(81)82)56(109)100-70(4,5)61(114)96-43(13-8-25-87-63(75)76)53(106)93-45(15-10-27-89-65(79)80)55(108)99-69(2,3)60(74)113/h18-23,31-34,39,43-47,50,102-103H,8-17,24-30,73H2,1-7H3,(H2,74,113)(H,93,106)(H,94,107)(H,95,111)(H,96,114)(H,97,115)(H,98,105)(H,99,108)(H,100,109)(H,101,110)(H4,75,76,87)(H4,77,78,88)(H4,79,80,89)(H4,81,82,90)(H4,83,84,91)(H4,85,86,92)/t34-,39?,43+,44+,45+,46+,47+,50+/m0/s1. The zero-order valence-electron chi connectivity index (χ0n) is 66.1. The Balaban J connectivity index is 1.48. The van der Waals surface area contributed by atoms with Gasteiger partial charge in [-0.2, -0.15) is 0 Å². The molecule has 5 rings (SSSR count). The lowest BCUT2D eigenvalue weighted by Gasteiger charge is -2.36. The Kier molecular flexibility index (Phi) is 33.8. The number of hydrogen-bond acceptors (Lipinski definition) is 23. The number of Topliss-reactive ketones (excluding diaryl/α,β-unsaturated/α-hetero) is 1. The van der Waals surface area contributed by atoms with E-state index in [1.54, 1.807) is 0 Å². The molecule has 3 aromatic rings. The van der Waals surface area contributed by atoms with Crippen LogP contribution in [-0.2, 0) is 58.3 Å². The van der Waals surface area contributed by atoms with Gasteiger partial charge >= 0.3 is 5.97 Å². The van der Waals surface area contributed by atoms with Crippen LogP contribution in [0.1, 0.15) is 157 Å². The summed E-state index contributed by atoms with van der Waals surface area (Å²) in [6.07, 6.45) is -1.19. The molecule has 0 fully saturated rings. The van der Waals surface area contributed by atoms with E-state index in [1.807, 2.05) is 0 Å². The second-order valence-corrected chi connectivity index (χ2v) is 29.5. The summed E-state index contributed by atoms with van der Waals surface area (Å²) in [7, 11) is 0. The van der Waals surface area contributed by atoms with Crippen LogP contribution in [0.2, 0.25) is 0 Å². The number of ether oxygens (including phenoxy) is 2. The molecule has 1 unspecified atom stereocenters. The number of nitrogens with two attached hydrogens (primary N) is 8. The summed E-state index contributed by atoms with van der Waals surface area (Å²) in [5.74, 6) is -16.3. The highest BCUT2D eigenvalue weighted by Gasteiger charge is 2.54. The van der Waals surface area contributed by atoms with E-state index in [1.165, 1.54) is 103 Å². The van der Waals surface area contributed by atoms with Gasteiger partial charge < -0.3 is 145 Å². The SMILES string of the molecule is C[C@H](N)C(=O)C(CCNC(=N)N)[C@@H](NC(=O)c1ccc2c(c1)C1(OC2=O)c2ccc(O)cc2Oc2cc(O)ccc21)C(=O)N[C@H](CCCNC(=N)N)C(=O)NC(C)(C)C(=O)N[C@H](CCCNC(=N)N)C(=O)N[C@H](CCCNC(=N)N)C(=O)NC(C)(C)C(=O)N[C@H](CCCNC(=N)N)C(=O)N[C@H](CCCNC(=N)N)C(=O)NC(C)(C)C(N)=O. The summed E-state index contributed by atoms with van der Waals surface area (Å²) < 4.78 is 12.3. The maximum Gasteiger partial charge on any atom is 0.340 e. The fourth-order valence-electron chi connectivity index (χ4n) is 12.4. The minimum Gasteiger partial charge on any atom is -0.508 e. The lowest BCUT2D eigenvalue weighted by molar-refractivity contribution is -0.138. The molecule has 0 radical (unpaired) electrons. The maximum absolute atomic E-state index is 15.3. The van der Waals surface area contributed by atoms with Crippen LogP contribution in [0.4, 0.5) is 0 Å². The number of carbonyl (C=O) groups is 12. The van der Waals surface area contributed by atoms with Crippen molar-refractivity contribution in [3.05, 3.63) is 82.4 Å². The van der Waals surface area contributed by atoms with Gasteiger partial charge in [-0.25, -0.2) is 4.79 Å². The number of esters is 1. The van der Waals surface area contributed by atoms with E-state index in [0.29, 0.717) is 0 Å². The third-order valence-corrected chi connectivity index (χ3v) is 18.7. The van der Waals surface area contributed by atoms with Crippen molar-refractivity contribution in [2.24, 2.45) is 51.8 Å². The number of rotatable bonds is 45. The minimum atomic E-state index is -2.07. The van der Waals surface area contributed by atoms with Crippen molar-refractivity contribution in [1.82, 2.24) is 79.8 Å². The van der Waals surface area contributed by atoms with Crippen molar-refractivity contribution in [3.63, 3.8) is 0 Å². The predicted octanol–water partition coefficient (Wildman–Crippen LogP) is -5.92. The van der Waals surface area contributed by atoms with Crippen LogP contribution in [0, 0.1) is 38.4 Å². The molecule has 2 aliphatic rings. The second kappa shape index (κ2) is 42.0. The van der Waals surface area contributed by atoms with Gasteiger partial charge in [0.15, 0.2) is 47.1 Å². The van der Waals surface area contributed by atoms with E-state index in [-0.39, 0.29) is 167 Å². The number of phenolic OH excluding ortho intramolecular Hbond substituents is 2. The Morgan fingerprint density at radius 3 is 1.12 bits per heavy atom. The number of ketones is 1. The molecule has 0 saturated carbocycles. The zero-order valence-corrected chi connectivity index (χ0v) is 66.1. The normalized spacial score (nSPS) is 14.4. The lowest BCUT2D eigenvalue weighted by Crippen LogP contribution is -2.64. The maximum atomic E-state index is 15.3. The van der Waals surface area contributed by atoms with Crippen molar-refractivity contribution in [1.29, 1.82) is 32.5 Å². The van der Waals surface area contributed by atoms with Crippen LogP contribution in [0.5, 0.6) is 23.0 Å². The van der Waals surface area contributed by atoms with Crippen LogP contribution in [0.25, 0.3) is 0 Å². The first-order valence-corrected chi connectivity index (χ1v) is 37.3. The summed E-state index contributed by atoms with van der Waals surface area (Å²) >= 11 is 0. The van der Waals surface area contributed by atoms with E-state index in [2.05, 4.69) is 79.8 Å². The summed E-state index contributed by atoms with van der Waals surface area (Å²) in [5.41, 5.74) is 37.7. The van der Waals surface area contributed by atoms with Gasteiger partial charge in [-0.15, -0.1) is 0 Å². The molecule has 1 spiro atoms. The van der Waals surface area contributed by atoms with Gasteiger partial charge in [0.05, 0.1) is 17.5 Å². The Morgan fingerprint density at radius 1 is 0.427 bits per heavy atom. The smallest absolute Gasteiger partial charge is 0.340 e. The third kappa shape index (κ3) is 27.4. The van der Waals surface area contributed by atoms with Crippen LogP contribution < -0.4 is 130 Å². The average molecular weight is 1640 g/mol. The van der Waals surface area contributed by atoms with Crippen LogP contribution in [-0.4, -0.2) is 215 Å². The van der Waals surface area contributed by atoms with Gasteiger partial charge in [0.2, 0.25) is 53.2 Å². The Hall–Kier alpha value is -13.5. The van der Waals surface area contributed by atoms with Crippen molar-refractivity contribution in [2.45, 2.75) is 184 Å². The molecule has 0 saturated heterocycles. The predicted molar refractivity (Wildman–Crippen MR) is 427 cm³/mol. The molecule has 3 aromatic carbocycles. The molecule has 0 bridgehead atoms. The van der Waals surface area contributed by atoms with Gasteiger partial charge in [-0.3, -0.25) is 85.2 Å². The van der Waals surface area contributed by atoms with E-state index in [4.69, 9.17) is 87.8 Å². The van der Waals surface area contributed by atoms with Crippen LogP contribution >= 0.6 is 0 Å². The first-order chi connectivity index (χ1) is 54.7. The first kappa shape index (κ1) is 94.1. The molecule has 8 atom stereocenters. The molecule has 2 heterocycles. The van der Waals surface area contributed by atoms with Crippen LogP contribution in [0.3, 0.4) is 0 Å². The Labute approximate surface area is 673 Å². The molecule has 0 aromatic heterocycles. The van der Waals surface area contributed by atoms with Gasteiger partial charge in [0.25, 0.3) is 5.91 Å². The molecule has 45 heteroatoms. The molecule has 0 aliphatic carbocycles. The number of phenols is 2. The van der Waals surface area contributed by atoms with Crippen molar-refractivity contribution in [2.75, 3.05) is 39.3 Å². The Morgan fingerprint density at radius 2 is 0.769 bits per heavy atom. The van der Waals surface area contributed by atoms with Crippen molar-refractivity contribution < 1.29 is 77.2 Å². The lowest BCUT2D eigenvalue weighted by atomic mass is 9.77. The number of amides is 10. The van der Waals surface area contributed by atoms with Crippen molar-refractivity contribution >= 4 is 107 Å². The van der Waals surface area contributed by atoms with Gasteiger partial charge in [-0.1, -0.05) is 0 Å². The number of nitrogens with one attached hydrogen (secondary N) is 21. The average Bonchev–Trinajstić information content (AvgIpc) is 1.58. The molecule has 10 amide bonds. The number of hydrogen-bond donors (Lipinski definition) is 31. The molecular weight excluding hydrogens is 1530 g/mol. The molecule has 117 heavy (non-hydrogen) atoms. The molecule has 2 aliphatic heterocycles. The summed E-state index contributed by atoms with van der Waals surface area (Å²) in [6, 6.07) is 0.859. The summed E-state index contributed by atoms with van der Waals surface area (Å²) in [6.45, 7) is 8.71. The second-order valence-electron chi connectivity index (χ2n) is 29.5. The fraction of sp³-hybridized carbons (Fsp3) is 0.500. The van der Waals surface area contributed by atoms with Crippen LogP contribution in [0.15, 0.2) is 54.6 Å². The first-order valence-electron chi connectivity index (χ1n) is 37.3. The quantitative estimate of drug-likeness (QED) is 0.0108. The number of benzene rings is 3. The highest BCUT2D eigenvalue weighted by molar-refractivity contribution is 6.05. The summed E-state index contributed by atoms with van der Waals surface area (Å²) in [5, 5.41) is 106. The van der Waals surface area contributed by atoms with Crippen molar-refractivity contribution in [3.8, 4) is 23.0 Å². The monoisotopic (exact) mass is 1640 g/mol. The summed E-state index contributed by atoms with van der Waals surface area (Å²) in [4.78, 5) is 173. The number of aromatic hydroxyl groups is 2. The number of primary amides is 1. The third-order valence-electron chi connectivity index (χ3n) is 18.7. The topological polar surface area (TPSA) is 795 Å². The molecule has 39 N–H and O–H groups in total. The molecular formula is C72H111N29O16. The van der Waals surface area contributed by atoms with E-state index in [0.717, 1.165) is 0 Å². The van der Waals surface area contributed by atoms with Gasteiger partial charge in [0, 0.05) is 73.7 Å². The van der Waals surface area contributed by atoms with E-state index in [9.17, 15) is 58.2 Å². The molecule has 640 valence electrons. The molecule has 45 nitrogen and oxygen atoms in total. The fourth-order valence-corrected chi connectivity index (χ4v) is 12.4. The minimum absolute atomic E-state index is 0.000159. The van der Waals surface area contributed by atoms with Gasteiger partial charge in [0.1, 0.15) is 75.9 Å². The van der Waals surface area contributed by atoms with E-state index < -0.39 is 171 Å². The van der Waals surface area contributed by atoms with E-state index >= 15 is 9.59 Å². The highest BCUT2D eigenvalue weighted by Crippen LogP contribution is 2.57. The number of guanidine groups is 6. The Bertz CT molecular complexity index is 4210. The van der Waals surface area contributed by atoms with Gasteiger partial charge in [-0.05, 0) is 162 Å². The zero-order chi connectivity index (χ0) is 87.6. The highest BCUT2D eigenvalue weighted by atomic mass is 16.6. The number of carbonyl (C=O) groups excluding carboxylic acids is 12. The largest absolute Gasteiger partial charge is 0.508 e.